The van der Waals surface area contributed by atoms with Gasteiger partial charge in [-0.05, 0) is 32.4 Å². The molecule has 2 N–H and O–H groups in total. The van der Waals surface area contributed by atoms with Crippen LogP contribution in [0.15, 0.2) is 24.4 Å². The van der Waals surface area contributed by atoms with Crippen LogP contribution in [0.25, 0.3) is 0 Å². The number of hydrogen-bond donors (Lipinski definition) is 1. The average molecular weight is 235 g/mol. The van der Waals surface area contributed by atoms with E-state index >= 15 is 0 Å². The van der Waals surface area contributed by atoms with Crippen LogP contribution in [0.3, 0.4) is 0 Å². The van der Waals surface area contributed by atoms with Gasteiger partial charge in [0, 0.05) is 12.7 Å². The molecule has 4 nitrogen and oxygen atoms in total. The predicted octanol–water partition coefficient (Wildman–Crippen LogP) is 1.56. The van der Waals surface area contributed by atoms with Gasteiger partial charge in [0.05, 0.1) is 17.8 Å². The van der Waals surface area contributed by atoms with Crippen molar-refractivity contribution in [2.45, 2.75) is 39.3 Å². The van der Waals surface area contributed by atoms with Gasteiger partial charge in [0.1, 0.15) is 0 Å². The Bertz CT molecular complexity index is 362. The van der Waals surface area contributed by atoms with E-state index in [2.05, 4.69) is 4.98 Å². The third kappa shape index (κ3) is 3.53. The molecule has 94 valence electrons. The van der Waals surface area contributed by atoms with Gasteiger partial charge in [-0.15, -0.1) is 0 Å². The number of likely N-dealkylation sites (N-methyl/N-ethyl adjacent to an activating group) is 1. The Morgan fingerprint density at radius 3 is 2.65 bits per heavy atom. The molecule has 0 saturated heterocycles. The molecule has 0 aliphatic carbocycles. The van der Waals surface area contributed by atoms with Crippen molar-refractivity contribution >= 4 is 5.91 Å². The molecule has 0 aliphatic rings. The summed E-state index contributed by atoms with van der Waals surface area (Å²) in [5, 5.41) is 0. The van der Waals surface area contributed by atoms with Crippen LogP contribution in [-0.2, 0) is 11.3 Å². The van der Waals surface area contributed by atoms with Crippen LogP contribution >= 0.6 is 0 Å². The Labute approximate surface area is 103 Å². The summed E-state index contributed by atoms with van der Waals surface area (Å²) >= 11 is 0. The maximum absolute atomic E-state index is 12.2. The summed E-state index contributed by atoms with van der Waals surface area (Å²) in [6.45, 7) is 6.81. The molecule has 0 saturated carbocycles. The topological polar surface area (TPSA) is 59.2 Å². The zero-order chi connectivity index (χ0) is 12.9. The van der Waals surface area contributed by atoms with E-state index in [1.54, 1.807) is 18.0 Å². The van der Waals surface area contributed by atoms with Crippen molar-refractivity contribution < 1.29 is 4.79 Å². The summed E-state index contributed by atoms with van der Waals surface area (Å²) in [4.78, 5) is 18.2. The van der Waals surface area contributed by atoms with Gasteiger partial charge in [-0.1, -0.05) is 13.0 Å². The van der Waals surface area contributed by atoms with Crippen LogP contribution in [0.4, 0.5) is 0 Å². The maximum Gasteiger partial charge on any atom is 0.242 e. The molecule has 1 aromatic heterocycles. The Hall–Kier alpha value is -1.42. The first kappa shape index (κ1) is 13.6. The quantitative estimate of drug-likeness (QED) is 0.842. The lowest BCUT2D eigenvalue weighted by molar-refractivity contribution is -0.137. The first-order valence-electron chi connectivity index (χ1n) is 5.99. The van der Waals surface area contributed by atoms with Gasteiger partial charge in [0.15, 0.2) is 0 Å². The van der Waals surface area contributed by atoms with Gasteiger partial charge >= 0.3 is 0 Å². The van der Waals surface area contributed by atoms with Crippen molar-refractivity contribution in [3.63, 3.8) is 0 Å². The minimum atomic E-state index is -0.787. The van der Waals surface area contributed by atoms with Crippen molar-refractivity contribution in [1.29, 1.82) is 0 Å². The Morgan fingerprint density at radius 2 is 2.18 bits per heavy atom. The molecule has 0 aromatic carbocycles. The predicted molar refractivity (Wildman–Crippen MR) is 68.2 cm³/mol. The number of aromatic nitrogens is 1. The molecule has 1 amide bonds. The molecule has 0 aliphatic heterocycles. The summed E-state index contributed by atoms with van der Waals surface area (Å²) < 4.78 is 0. The van der Waals surface area contributed by atoms with Gasteiger partial charge in [0.2, 0.25) is 5.91 Å². The minimum absolute atomic E-state index is 0.0202. The monoisotopic (exact) mass is 235 g/mol. The number of nitrogens with two attached hydrogens (primary N) is 1. The van der Waals surface area contributed by atoms with Gasteiger partial charge in [0.25, 0.3) is 0 Å². The first-order valence-corrected chi connectivity index (χ1v) is 5.99. The number of hydrogen-bond acceptors (Lipinski definition) is 3. The molecule has 0 bridgehead atoms. The Morgan fingerprint density at radius 1 is 1.47 bits per heavy atom. The highest BCUT2D eigenvalue weighted by Crippen LogP contribution is 2.12. The van der Waals surface area contributed by atoms with E-state index in [-0.39, 0.29) is 5.91 Å². The molecule has 1 atom stereocenters. The highest BCUT2D eigenvalue weighted by Gasteiger charge is 2.30. The van der Waals surface area contributed by atoms with E-state index in [4.69, 9.17) is 5.73 Å². The van der Waals surface area contributed by atoms with E-state index in [0.717, 1.165) is 5.69 Å². The molecule has 1 aromatic rings. The van der Waals surface area contributed by atoms with E-state index < -0.39 is 5.54 Å². The lowest BCUT2D eigenvalue weighted by atomic mass is 9.98. The van der Waals surface area contributed by atoms with Crippen molar-refractivity contribution in [1.82, 2.24) is 9.88 Å². The van der Waals surface area contributed by atoms with Crippen molar-refractivity contribution in [2.24, 2.45) is 5.73 Å². The first-order chi connectivity index (χ1) is 8.01. The molecule has 0 fully saturated rings. The molecular weight excluding hydrogens is 214 g/mol. The number of rotatable bonds is 5. The lowest BCUT2D eigenvalue weighted by Crippen LogP contribution is -2.52. The van der Waals surface area contributed by atoms with E-state index in [1.807, 2.05) is 32.0 Å². The largest absolute Gasteiger partial charge is 0.335 e. The fourth-order valence-corrected chi connectivity index (χ4v) is 1.53. The van der Waals surface area contributed by atoms with Crippen LogP contribution in [0.2, 0.25) is 0 Å². The third-order valence-corrected chi connectivity index (χ3v) is 2.97. The number of carbonyl (C=O) groups is 1. The van der Waals surface area contributed by atoms with Crippen LogP contribution in [0.1, 0.15) is 32.9 Å². The summed E-state index contributed by atoms with van der Waals surface area (Å²) in [6, 6.07) is 5.69. The Balaban J connectivity index is 2.76. The normalized spacial score (nSPS) is 14.1. The summed E-state index contributed by atoms with van der Waals surface area (Å²) in [5.41, 5.74) is 6.08. The van der Waals surface area contributed by atoms with E-state index in [1.165, 1.54) is 0 Å². The molecule has 0 radical (unpaired) electrons. The number of nitrogens with zero attached hydrogens (tertiary/aromatic N) is 2. The van der Waals surface area contributed by atoms with Crippen molar-refractivity contribution in [2.75, 3.05) is 6.54 Å². The van der Waals surface area contributed by atoms with Crippen molar-refractivity contribution in [3.05, 3.63) is 30.1 Å². The second kappa shape index (κ2) is 5.77. The molecule has 1 heterocycles. The van der Waals surface area contributed by atoms with Crippen LogP contribution in [0, 0.1) is 0 Å². The molecule has 1 rings (SSSR count). The van der Waals surface area contributed by atoms with Gasteiger partial charge in [-0.25, -0.2) is 0 Å². The van der Waals surface area contributed by atoms with Crippen LogP contribution in [0.5, 0.6) is 0 Å². The summed E-state index contributed by atoms with van der Waals surface area (Å²) in [6.07, 6.45) is 2.36. The SMILES string of the molecule is CCN(Cc1ccccn1)C(=O)C(C)(N)CC. The maximum atomic E-state index is 12.2. The summed E-state index contributed by atoms with van der Waals surface area (Å²) in [7, 11) is 0. The smallest absolute Gasteiger partial charge is 0.242 e. The third-order valence-electron chi connectivity index (χ3n) is 2.97. The second-order valence-corrected chi connectivity index (χ2v) is 4.41. The van der Waals surface area contributed by atoms with Crippen LogP contribution < -0.4 is 5.73 Å². The lowest BCUT2D eigenvalue weighted by Gasteiger charge is -2.30. The number of carbonyl (C=O) groups excluding carboxylic acids is 1. The van der Waals surface area contributed by atoms with Gasteiger partial charge in [-0.2, -0.15) is 0 Å². The average Bonchev–Trinajstić information content (AvgIpc) is 2.36. The van der Waals surface area contributed by atoms with Gasteiger partial charge < -0.3 is 10.6 Å². The Kier molecular flexibility index (Phi) is 4.63. The molecular formula is C13H21N3O. The standard InChI is InChI=1S/C13H21N3O/c1-4-13(3,14)12(17)16(5-2)10-11-8-6-7-9-15-11/h6-9H,4-5,10,14H2,1-3H3. The second-order valence-electron chi connectivity index (χ2n) is 4.41. The fraction of sp³-hybridized carbons (Fsp3) is 0.538. The van der Waals surface area contributed by atoms with Crippen molar-refractivity contribution in [3.8, 4) is 0 Å². The number of amides is 1. The zero-order valence-corrected chi connectivity index (χ0v) is 10.8. The molecule has 0 spiro atoms. The molecule has 4 heteroatoms. The zero-order valence-electron chi connectivity index (χ0n) is 10.8. The van der Waals surface area contributed by atoms with Crippen LogP contribution in [-0.4, -0.2) is 27.9 Å². The van der Waals surface area contributed by atoms with E-state index in [0.29, 0.717) is 19.5 Å². The summed E-state index contributed by atoms with van der Waals surface area (Å²) in [5.74, 6) is -0.0202. The highest BCUT2D eigenvalue weighted by molar-refractivity contribution is 5.85. The molecule has 17 heavy (non-hydrogen) atoms. The highest BCUT2D eigenvalue weighted by atomic mass is 16.2. The number of pyridine rings is 1. The minimum Gasteiger partial charge on any atom is -0.335 e. The van der Waals surface area contributed by atoms with Gasteiger partial charge in [-0.3, -0.25) is 9.78 Å². The van der Waals surface area contributed by atoms with E-state index in [9.17, 15) is 4.79 Å². The molecule has 1 unspecified atom stereocenters. The fourth-order valence-electron chi connectivity index (χ4n) is 1.53.